The van der Waals surface area contributed by atoms with Gasteiger partial charge in [-0.15, -0.1) is 11.3 Å². The van der Waals surface area contributed by atoms with Crippen molar-refractivity contribution in [2.45, 2.75) is 17.2 Å². The maximum Gasteiger partial charge on any atom is 0.0504 e. The standard InChI is InChI=1S/C46H28S2/c1-2-14-29-27(12-1)13-11-22-30(29)42-33-17-5-3-15-31(33)41(32-16-4-6-18-34(32)42)28-24-25-40-38(26-28)44-36-20-8-7-19-35(36)43-37-21-9-10-23-39(37)47-45(43)46(44)48-40/h1-25,38H,26H2. The van der Waals surface area contributed by atoms with Crippen molar-refractivity contribution < 1.29 is 0 Å². The Bertz CT molecular complexity index is 2840. The molecule has 0 spiro atoms. The second kappa shape index (κ2) is 10.2. The number of hydrogen-bond donors (Lipinski definition) is 0. The van der Waals surface area contributed by atoms with Crippen LogP contribution in [0.2, 0.25) is 0 Å². The molecule has 0 amide bonds. The van der Waals surface area contributed by atoms with Crippen LogP contribution in [0, 0.1) is 0 Å². The lowest BCUT2D eigenvalue weighted by Gasteiger charge is -2.24. The van der Waals surface area contributed by atoms with Crippen LogP contribution in [0.3, 0.4) is 0 Å². The predicted molar refractivity (Wildman–Crippen MR) is 211 cm³/mol. The van der Waals surface area contributed by atoms with Crippen LogP contribution in [-0.2, 0) is 0 Å². The minimum absolute atomic E-state index is 0.347. The van der Waals surface area contributed by atoms with Crippen LogP contribution in [0.1, 0.15) is 23.5 Å². The van der Waals surface area contributed by atoms with E-state index in [0.717, 1.165) is 6.42 Å². The molecule has 0 nitrogen and oxygen atoms in total. The van der Waals surface area contributed by atoms with E-state index in [9.17, 15) is 0 Å². The van der Waals surface area contributed by atoms with E-state index in [0.29, 0.717) is 5.92 Å². The summed E-state index contributed by atoms with van der Waals surface area (Å²) in [6.07, 6.45) is 5.86. The highest BCUT2D eigenvalue weighted by Crippen LogP contribution is 2.60. The van der Waals surface area contributed by atoms with Crippen LogP contribution in [0.4, 0.5) is 0 Å². The summed E-state index contributed by atoms with van der Waals surface area (Å²) in [5.41, 5.74) is 6.95. The van der Waals surface area contributed by atoms with Gasteiger partial charge in [-0.1, -0.05) is 157 Å². The Hall–Kier alpha value is -5.15. The lowest BCUT2D eigenvalue weighted by atomic mass is 9.79. The van der Waals surface area contributed by atoms with E-state index in [1.54, 1.807) is 0 Å². The number of rotatable bonds is 2. The van der Waals surface area contributed by atoms with Gasteiger partial charge >= 0.3 is 0 Å². The lowest BCUT2D eigenvalue weighted by Crippen LogP contribution is -2.04. The largest absolute Gasteiger partial charge is 0.134 e. The van der Waals surface area contributed by atoms with Crippen molar-refractivity contribution >= 4 is 91.9 Å². The van der Waals surface area contributed by atoms with Crippen LogP contribution in [0.25, 0.3) is 80.0 Å². The van der Waals surface area contributed by atoms with Crippen molar-refractivity contribution in [3.8, 4) is 11.1 Å². The number of thiophene rings is 1. The summed E-state index contributed by atoms with van der Waals surface area (Å²) in [6.45, 7) is 0. The molecule has 1 unspecified atom stereocenters. The van der Waals surface area contributed by atoms with Gasteiger partial charge in [-0.2, -0.15) is 0 Å². The number of fused-ring (bicyclic) bond motifs is 13. The van der Waals surface area contributed by atoms with Crippen molar-refractivity contribution in [1.29, 1.82) is 0 Å². The van der Waals surface area contributed by atoms with Gasteiger partial charge in [-0.25, -0.2) is 0 Å². The molecule has 224 valence electrons. The zero-order valence-corrected chi connectivity index (χ0v) is 27.7. The van der Waals surface area contributed by atoms with Gasteiger partial charge in [0.25, 0.3) is 0 Å². The Balaban J connectivity index is 1.15. The maximum absolute atomic E-state index is 2.43. The van der Waals surface area contributed by atoms with E-state index in [1.807, 2.05) is 23.1 Å². The third-order valence-corrected chi connectivity index (χ3v) is 13.2. The van der Waals surface area contributed by atoms with Crippen LogP contribution < -0.4 is 0 Å². The number of allylic oxidation sites excluding steroid dienone is 4. The summed E-state index contributed by atoms with van der Waals surface area (Å²) in [7, 11) is 0. The quantitative estimate of drug-likeness (QED) is 0.169. The fourth-order valence-electron chi connectivity index (χ4n) is 8.65. The number of benzene rings is 8. The first-order valence-corrected chi connectivity index (χ1v) is 18.3. The van der Waals surface area contributed by atoms with Gasteiger partial charge in [-0.3, -0.25) is 0 Å². The molecule has 1 atom stereocenters. The first-order chi connectivity index (χ1) is 23.8. The summed E-state index contributed by atoms with van der Waals surface area (Å²) >= 11 is 3.98. The van der Waals surface area contributed by atoms with Gasteiger partial charge in [0.1, 0.15) is 0 Å². The number of hydrogen-bond acceptors (Lipinski definition) is 2. The normalized spacial score (nSPS) is 15.8. The second-order valence-corrected chi connectivity index (χ2v) is 15.2. The molecule has 2 heterocycles. The van der Waals surface area contributed by atoms with Gasteiger partial charge in [0, 0.05) is 26.3 Å². The fourth-order valence-corrected chi connectivity index (χ4v) is 11.3. The molecule has 0 fully saturated rings. The minimum atomic E-state index is 0.347. The summed E-state index contributed by atoms with van der Waals surface area (Å²) in [4.78, 5) is 2.95. The third kappa shape index (κ3) is 3.68. The van der Waals surface area contributed by atoms with Crippen molar-refractivity contribution in [2.24, 2.45) is 0 Å². The predicted octanol–water partition coefficient (Wildman–Crippen LogP) is 13.9. The molecule has 8 aromatic carbocycles. The van der Waals surface area contributed by atoms with Crippen LogP contribution in [0.5, 0.6) is 0 Å². The van der Waals surface area contributed by atoms with E-state index < -0.39 is 0 Å². The first-order valence-electron chi connectivity index (χ1n) is 16.7. The molecule has 1 aromatic heterocycles. The van der Waals surface area contributed by atoms with Crippen molar-refractivity contribution in [2.75, 3.05) is 0 Å². The highest BCUT2D eigenvalue weighted by molar-refractivity contribution is 8.03. The zero-order chi connectivity index (χ0) is 31.3. The topological polar surface area (TPSA) is 0 Å². The Labute approximate surface area is 286 Å². The molecular formula is C46H28S2. The Morgan fingerprint density at radius 2 is 1.06 bits per heavy atom. The average Bonchev–Trinajstić information content (AvgIpc) is 3.73. The molecule has 0 saturated carbocycles. The Morgan fingerprint density at radius 3 is 1.81 bits per heavy atom. The highest BCUT2D eigenvalue weighted by atomic mass is 32.2. The van der Waals surface area contributed by atoms with Gasteiger partial charge in [0.2, 0.25) is 0 Å². The highest BCUT2D eigenvalue weighted by Gasteiger charge is 2.36. The average molecular weight is 645 g/mol. The molecule has 0 radical (unpaired) electrons. The molecule has 2 heteroatoms. The molecule has 11 rings (SSSR count). The minimum Gasteiger partial charge on any atom is -0.134 e. The van der Waals surface area contributed by atoms with Gasteiger partial charge < -0.3 is 0 Å². The molecule has 9 aromatic rings. The lowest BCUT2D eigenvalue weighted by molar-refractivity contribution is 0.864. The number of thioether (sulfide) groups is 1. The summed E-state index contributed by atoms with van der Waals surface area (Å²) in [6, 6.07) is 51.8. The zero-order valence-electron chi connectivity index (χ0n) is 26.0. The fraction of sp³-hybridized carbons (Fsp3) is 0.0435. The third-order valence-electron chi connectivity index (χ3n) is 10.6. The van der Waals surface area contributed by atoms with Crippen molar-refractivity contribution in [1.82, 2.24) is 0 Å². The summed E-state index contributed by atoms with van der Waals surface area (Å²) in [5, 5.41) is 13.5. The van der Waals surface area contributed by atoms with Gasteiger partial charge in [0.05, 0.1) is 4.70 Å². The van der Waals surface area contributed by atoms with E-state index in [2.05, 4.69) is 152 Å². The van der Waals surface area contributed by atoms with Crippen LogP contribution >= 0.6 is 23.1 Å². The Morgan fingerprint density at radius 1 is 0.479 bits per heavy atom. The van der Waals surface area contributed by atoms with E-state index >= 15 is 0 Å². The molecule has 48 heavy (non-hydrogen) atoms. The maximum atomic E-state index is 2.43. The SMILES string of the molecule is C1=C(c2c3ccccc3c(-c3cccc4ccccc34)c3ccccc23)CC2C(=C1)Sc1c2c2ccccc2c2c1sc1ccccc12. The molecular weight excluding hydrogens is 617 g/mol. The van der Waals surface area contributed by atoms with Crippen molar-refractivity contribution in [3.63, 3.8) is 0 Å². The molecule has 1 aliphatic heterocycles. The van der Waals surface area contributed by atoms with E-state index in [4.69, 9.17) is 0 Å². The van der Waals surface area contributed by atoms with Gasteiger partial charge in [-0.05, 0) is 88.3 Å². The van der Waals surface area contributed by atoms with E-state index in [1.165, 1.54) is 101 Å². The molecule has 1 aliphatic carbocycles. The van der Waals surface area contributed by atoms with Crippen molar-refractivity contribution in [3.05, 3.63) is 168 Å². The van der Waals surface area contributed by atoms with E-state index in [-0.39, 0.29) is 0 Å². The molecule has 2 aliphatic rings. The second-order valence-electron chi connectivity index (χ2n) is 13.1. The monoisotopic (exact) mass is 644 g/mol. The molecule has 0 N–H and O–H groups in total. The first kappa shape index (κ1) is 26.9. The summed E-state index contributed by atoms with van der Waals surface area (Å²) < 4.78 is 2.82. The summed E-state index contributed by atoms with van der Waals surface area (Å²) in [5.74, 6) is 0.347. The van der Waals surface area contributed by atoms with Crippen LogP contribution in [-0.4, -0.2) is 0 Å². The molecule has 0 bridgehead atoms. The molecule has 0 saturated heterocycles. The van der Waals surface area contributed by atoms with Gasteiger partial charge in [0.15, 0.2) is 0 Å². The smallest absolute Gasteiger partial charge is 0.0504 e. The van der Waals surface area contributed by atoms with Crippen LogP contribution in [0.15, 0.2) is 161 Å². The Kier molecular flexibility index (Phi) is 5.70.